The van der Waals surface area contributed by atoms with Gasteiger partial charge in [0.1, 0.15) is 17.0 Å². The number of nitriles is 1. The van der Waals surface area contributed by atoms with Crippen molar-refractivity contribution in [1.82, 2.24) is 24.4 Å². The predicted molar refractivity (Wildman–Crippen MR) is 123 cm³/mol. The number of hydrogen-bond donors (Lipinski definition) is 1. The Morgan fingerprint density at radius 1 is 1.18 bits per heavy atom. The molecule has 1 saturated carbocycles. The van der Waals surface area contributed by atoms with Crippen molar-refractivity contribution >= 4 is 27.9 Å². The lowest BCUT2D eigenvalue weighted by atomic mass is 9.80. The Labute approximate surface area is 189 Å². The Bertz CT molecular complexity index is 1500. The van der Waals surface area contributed by atoms with E-state index in [9.17, 15) is 5.26 Å². The van der Waals surface area contributed by atoms with Crippen LogP contribution < -0.4 is 0 Å². The highest BCUT2D eigenvalue weighted by Gasteiger charge is 2.41. The number of oxime groups is 1. The standard InChI is InChI=1S/C25H21N7O/c26-10-8-15-6-7-20-18(12-15)25-31(24(30-33-25)16-4-2-1-3-5-16)14-21-29-19-13-28-23-17(9-11-27-23)22(19)32(20)21/h1-5,9,11,13,15,20H,6-8,12,14H2,(H,27,28)/t15-,20+/m1/s1. The fraction of sp³-hybridized carbons (Fsp3) is 0.280. The number of nitrogens with zero attached hydrogens (tertiary/aromatic N) is 6. The maximum absolute atomic E-state index is 9.35. The van der Waals surface area contributed by atoms with E-state index in [1.807, 2.05) is 42.7 Å². The Morgan fingerprint density at radius 2 is 2.09 bits per heavy atom. The number of hydrogen-bond acceptors (Lipinski definition) is 6. The van der Waals surface area contributed by atoms with E-state index in [0.717, 1.165) is 64.4 Å². The van der Waals surface area contributed by atoms with E-state index < -0.39 is 0 Å². The molecule has 4 aromatic rings. The molecule has 1 fully saturated rings. The molecule has 0 bridgehead atoms. The first-order valence-corrected chi connectivity index (χ1v) is 11.3. The van der Waals surface area contributed by atoms with Crippen molar-refractivity contribution in [3.8, 4) is 6.07 Å². The van der Waals surface area contributed by atoms with Crippen LogP contribution in [0.4, 0.5) is 0 Å². The van der Waals surface area contributed by atoms with Crippen LogP contribution in [-0.2, 0) is 11.4 Å². The number of benzene rings is 1. The SMILES string of the molecule is N#CC[C@H]1CC[C@H]2C(=C3ON=C(c4ccccc4)N3Cc3nc4cnc5[nH]ccc5c4n32)C1. The second kappa shape index (κ2) is 6.94. The van der Waals surface area contributed by atoms with E-state index in [0.29, 0.717) is 18.9 Å². The van der Waals surface area contributed by atoms with E-state index in [4.69, 9.17) is 9.82 Å². The van der Waals surface area contributed by atoms with Crippen LogP contribution in [0.1, 0.15) is 43.1 Å². The molecule has 0 saturated heterocycles. The van der Waals surface area contributed by atoms with E-state index in [1.165, 1.54) is 5.57 Å². The maximum atomic E-state index is 9.35. The van der Waals surface area contributed by atoms with Gasteiger partial charge in [-0.3, -0.25) is 4.90 Å². The number of nitrogens with one attached hydrogen (secondary N) is 1. The summed E-state index contributed by atoms with van der Waals surface area (Å²) in [4.78, 5) is 21.0. The summed E-state index contributed by atoms with van der Waals surface area (Å²) in [6.45, 7) is 0.562. The number of H-pyrrole nitrogens is 1. The molecular weight excluding hydrogens is 414 g/mol. The number of amidine groups is 1. The Morgan fingerprint density at radius 3 is 2.97 bits per heavy atom. The number of pyridine rings is 1. The van der Waals surface area contributed by atoms with Gasteiger partial charge in [-0.25, -0.2) is 9.97 Å². The first-order valence-electron chi connectivity index (χ1n) is 11.3. The van der Waals surface area contributed by atoms with Crippen LogP contribution in [-0.4, -0.2) is 30.3 Å². The summed E-state index contributed by atoms with van der Waals surface area (Å²) in [7, 11) is 0. The first kappa shape index (κ1) is 18.5. The second-order valence-electron chi connectivity index (χ2n) is 8.94. The molecule has 0 radical (unpaired) electrons. The summed E-state index contributed by atoms with van der Waals surface area (Å²) >= 11 is 0. The number of aromatic amines is 1. The summed E-state index contributed by atoms with van der Waals surface area (Å²) in [6.07, 6.45) is 7.10. The molecule has 1 aromatic carbocycles. The Hall–Kier alpha value is -4.12. The predicted octanol–water partition coefficient (Wildman–Crippen LogP) is 4.59. The number of allylic oxidation sites excluding steroid dienone is 1. The van der Waals surface area contributed by atoms with Crippen molar-refractivity contribution in [2.75, 3.05) is 0 Å². The lowest BCUT2D eigenvalue weighted by molar-refractivity contribution is 0.183. The minimum atomic E-state index is 0.116. The minimum absolute atomic E-state index is 0.116. The average molecular weight is 435 g/mol. The molecule has 162 valence electrons. The van der Waals surface area contributed by atoms with Gasteiger partial charge in [0, 0.05) is 29.1 Å². The number of rotatable bonds is 2. The smallest absolute Gasteiger partial charge is 0.233 e. The summed E-state index contributed by atoms with van der Waals surface area (Å²) in [5.41, 5.74) is 5.09. The van der Waals surface area contributed by atoms with Gasteiger partial charge >= 0.3 is 0 Å². The molecule has 8 heteroatoms. The molecule has 3 aromatic heterocycles. The molecular formula is C25H21N7O. The molecule has 8 nitrogen and oxygen atoms in total. The molecule has 1 N–H and O–H groups in total. The van der Waals surface area contributed by atoms with Gasteiger partial charge in [0.2, 0.25) is 5.88 Å². The van der Waals surface area contributed by atoms with Crippen LogP contribution in [0.2, 0.25) is 0 Å². The average Bonchev–Trinajstić information content (AvgIpc) is 3.55. The zero-order valence-corrected chi connectivity index (χ0v) is 17.9. The number of imidazole rings is 1. The number of aromatic nitrogens is 4. The lowest BCUT2D eigenvalue weighted by Gasteiger charge is -2.31. The van der Waals surface area contributed by atoms with Gasteiger partial charge in [-0.05, 0) is 31.2 Å². The van der Waals surface area contributed by atoms with Gasteiger partial charge in [0.25, 0.3) is 0 Å². The summed E-state index contributed by atoms with van der Waals surface area (Å²) in [5, 5.41) is 14.9. The van der Waals surface area contributed by atoms with E-state index in [1.54, 1.807) is 0 Å². The Kier molecular flexibility index (Phi) is 3.88. The molecule has 7 rings (SSSR count). The second-order valence-corrected chi connectivity index (χ2v) is 8.94. The van der Waals surface area contributed by atoms with Crippen molar-refractivity contribution in [3.63, 3.8) is 0 Å². The van der Waals surface area contributed by atoms with E-state index in [-0.39, 0.29) is 6.04 Å². The molecule has 0 spiro atoms. The number of fused-ring (bicyclic) bond motifs is 8. The summed E-state index contributed by atoms with van der Waals surface area (Å²) in [6, 6.07) is 14.7. The minimum Gasteiger partial charge on any atom is -0.346 e. The van der Waals surface area contributed by atoms with Crippen LogP contribution in [0.25, 0.3) is 22.1 Å². The van der Waals surface area contributed by atoms with Crippen LogP contribution in [0.5, 0.6) is 0 Å². The summed E-state index contributed by atoms with van der Waals surface area (Å²) in [5.74, 6) is 2.90. The third kappa shape index (κ3) is 2.65. The van der Waals surface area contributed by atoms with Crippen molar-refractivity contribution < 1.29 is 4.84 Å². The van der Waals surface area contributed by atoms with Gasteiger partial charge in [0.15, 0.2) is 5.84 Å². The fourth-order valence-electron chi connectivity index (χ4n) is 5.62. The van der Waals surface area contributed by atoms with Crippen LogP contribution in [0.3, 0.4) is 0 Å². The Balaban J connectivity index is 1.45. The zero-order valence-electron chi connectivity index (χ0n) is 17.9. The molecule has 3 aliphatic rings. The summed E-state index contributed by atoms with van der Waals surface area (Å²) < 4.78 is 2.39. The van der Waals surface area contributed by atoms with Gasteiger partial charge < -0.3 is 14.4 Å². The van der Waals surface area contributed by atoms with Crippen molar-refractivity contribution in [2.45, 2.75) is 38.3 Å². The highest BCUT2D eigenvalue weighted by Crippen LogP contribution is 2.46. The molecule has 5 heterocycles. The van der Waals surface area contributed by atoms with Crippen LogP contribution in [0.15, 0.2) is 65.4 Å². The van der Waals surface area contributed by atoms with Crippen molar-refractivity contribution in [2.24, 2.45) is 11.1 Å². The third-order valence-corrected chi connectivity index (χ3v) is 7.08. The van der Waals surface area contributed by atoms with Gasteiger partial charge in [-0.2, -0.15) is 5.26 Å². The normalized spacial score (nSPS) is 21.8. The highest BCUT2D eigenvalue weighted by molar-refractivity contribution is 6.02. The topological polar surface area (TPSA) is 95.1 Å². The monoisotopic (exact) mass is 435 g/mol. The van der Waals surface area contributed by atoms with Crippen molar-refractivity contribution in [1.29, 1.82) is 5.26 Å². The van der Waals surface area contributed by atoms with E-state index >= 15 is 0 Å². The quantitative estimate of drug-likeness (QED) is 0.497. The lowest BCUT2D eigenvalue weighted by Crippen LogP contribution is -2.27. The van der Waals surface area contributed by atoms with Gasteiger partial charge in [-0.1, -0.05) is 35.5 Å². The molecule has 1 aliphatic carbocycles. The maximum Gasteiger partial charge on any atom is 0.233 e. The molecule has 0 unspecified atom stereocenters. The van der Waals surface area contributed by atoms with Crippen molar-refractivity contribution in [3.05, 3.63) is 71.6 Å². The zero-order chi connectivity index (χ0) is 21.9. The first-order chi connectivity index (χ1) is 16.3. The third-order valence-electron chi connectivity index (χ3n) is 7.08. The van der Waals surface area contributed by atoms with Gasteiger partial charge in [-0.15, -0.1) is 0 Å². The largest absolute Gasteiger partial charge is 0.346 e. The van der Waals surface area contributed by atoms with Crippen LogP contribution in [0, 0.1) is 17.2 Å². The molecule has 2 atom stereocenters. The molecule has 2 aliphatic heterocycles. The van der Waals surface area contributed by atoms with Gasteiger partial charge in [0.05, 0.1) is 30.4 Å². The highest BCUT2D eigenvalue weighted by atomic mass is 16.7. The fourth-order valence-corrected chi connectivity index (χ4v) is 5.62. The van der Waals surface area contributed by atoms with E-state index in [2.05, 4.69) is 36.7 Å². The molecule has 33 heavy (non-hydrogen) atoms. The van der Waals surface area contributed by atoms with Crippen LogP contribution >= 0.6 is 0 Å². The molecule has 0 amide bonds.